The van der Waals surface area contributed by atoms with E-state index in [4.69, 9.17) is 9.47 Å². The minimum absolute atomic E-state index is 0. The number of nitrogens with one attached hydrogen (secondary N) is 5. The zero-order valence-electron chi connectivity index (χ0n) is 65.4. The third-order valence-electron chi connectivity index (χ3n) is 22.8. The lowest BCUT2D eigenvalue weighted by atomic mass is 9.94. The summed E-state index contributed by atoms with van der Waals surface area (Å²) in [5, 5.41) is 13.2. The van der Waals surface area contributed by atoms with Gasteiger partial charge in [-0.2, -0.15) is 0 Å². The van der Waals surface area contributed by atoms with Crippen LogP contribution >= 0.6 is 12.4 Å². The molecule has 12 heterocycles. The highest BCUT2D eigenvalue weighted by atomic mass is 35.5. The van der Waals surface area contributed by atoms with Gasteiger partial charge in [0.05, 0.1) is 33.4 Å². The average molecular weight is 1570 g/mol. The lowest BCUT2D eigenvalue weighted by Crippen LogP contribution is -2.54. The van der Waals surface area contributed by atoms with E-state index in [1.165, 1.54) is 6.42 Å². The third-order valence-corrected chi connectivity index (χ3v) is 22.8. The summed E-state index contributed by atoms with van der Waals surface area (Å²) in [6.07, 6.45) is 8.08. The number of carbonyl (C=O) groups excluding carboxylic acids is 14. The molecule has 9 fully saturated rings. The van der Waals surface area contributed by atoms with Gasteiger partial charge in [0.25, 0.3) is 35.4 Å². The molecule has 0 aliphatic carbocycles. The summed E-state index contributed by atoms with van der Waals surface area (Å²) in [6, 6.07) is 13.2. The smallest absolute Gasteiger partial charge is 0.410 e. The normalized spacial score (nSPS) is 23.2. The lowest BCUT2D eigenvalue weighted by Gasteiger charge is -2.39. The molecule has 112 heavy (non-hydrogen) atoms. The van der Waals surface area contributed by atoms with Gasteiger partial charge in [0.2, 0.25) is 35.4 Å². The van der Waals surface area contributed by atoms with Crippen molar-refractivity contribution in [3.63, 3.8) is 0 Å². The molecule has 0 bridgehead atoms. The van der Waals surface area contributed by atoms with Crippen molar-refractivity contribution in [3.8, 4) is 0 Å². The Bertz CT molecular complexity index is 4100. The standard InChI is InChI=1S/C28H37N5O6.C23H29N5O4.C20H23N3O4.C9H18N2O2.ClH/c1-28(2,3)39-27(38)32-14-12-30(13-15-32)17-18-8-10-31(11-9-18)19-4-5-20-21(16-19)26(37)33(25(20)36)22-6-7-23(34)29-24(22)35;29-20-4-3-19(21(30)25-20)28-22(31)17-2-1-16(13-18(17)23(28)32)27-9-5-15(6-10-27)14-26-11-7-24-8-12-26;1-2-12-7-9-22(10-8-12)13-3-4-14-15(11-13)20(27)23(19(14)26)16-5-6-17(24)21-18(16)25;1-9(2,3)13-8(12)11-6-4-10-5-7-11;/h4-5,16,18,22H,6-15,17H2,1-3H3,(H,29,34,35);1-2,13,15,19,24H,3-12,14H2,(H,25,29,30);3-4,11-12,16H,2,5-10H2,1H3,(H,21,24,25);10H,4-7H2,1-3H3;1H. The number of imide groups is 6. The first-order valence-corrected chi connectivity index (χ1v) is 39.6. The molecule has 15 rings (SSSR count). The van der Waals surface area contributed by atoms with Gasteiger partial charge < -0.3 is 49.5 Å². The van der Waals surface area contributed by atoms with Gasteiger partial charge in [-0.25, -0.2) is 9.59 Å². The number of rotatable bonds is 11. The summed E-state index contributed by atoms with van der Waals surface area (Å²) >= 11 is 0. The van der Waals surface area contributed by atoms with E-state index in [2.05, 4.69) is 58.0 Å². The van der Waals surface area contributed by atoms with Crippen molar-refractivity contribution in [3.05, 3.63) is 88.0 Å². The van der Waals surface area contributed by atoms with E-state index < -0.39 is 76.9 Å². The zero-order valence-corrected chi connectivity index (χ0v) is 66.2. The Balaban J connectivity index is 0.000000155. The summed E-state index contributed by atoms with van der Waals surface area (Å²) in [5.41, 5.74) is 3.86. The molecule has 606 valence electrons. The van der Waals surface area contributed by atoms with Crippen LogP contribution in [0.3, 0.4) is 0 Å². The number of hydrogen-bond donors (Lipinski definition) is 5. The number of amides is 14. The Morgan fingerprint density at radius 1 is 0.366 bits per heavy atom. The number of benzene rings is 3. The van der Waals surface area contributed by atoms with Gasteiger partial charge in [-0.1, -0.05) is 13.3 Å². The largest absolute Gasteiger partial charge is 0.444 e. The minimum atomic E-state index is -0.958. The maximum absolute atomic E-state index is 13.2. The fourth-order valence-corrected chi connectivity index (χ4v) is 16.6. The van der Waals surface area contributed by atoms with E-state index >= 15 is 0 Å². The molecule has 3 unspecified atom stereocenters. The monoisotopic (exact) mass is 1570 g/mol. The van der Waals surface area contributed by atoms with Crippen molar-refractivity contribution < 1.29 is 76.6 Å². The number of halogens is 1. The van der Waals surface area contributed by atoms with Crippen molar-refractivity contribution in [2.75, 3.05) is 146 Å². The van der Waals surface area contributed by atoms with Crippen LogP contribution in [0.15, 0.2) is 54.6 Å². The summed E-state index contributed by atoms with van der Waals surface area (Å²) in [7, 11) is 0. The van der Waals surface area contributed by atoms with Crippen LogP contribution in [0.4, 0.5) is 26.7 Å². The predicted octanol–water partition coefficient (Wildman–Crippen LogP) is 5.03. The Kier molecular flexibility index (Phi) is 27.0. The van der Waals surface area contributed by atoms with Crippen molar-refractivity contribution in [2.24, 2.45) is 17.8 Å². The fraction of sp³-hybridized carbons (Fsp3) is 0.600. The maximum atomic E-state index is 13.2. The van der Waals surface area contributed by atoms with Crippen molar-refractivity contribution in [1.29, 1.82) is 0 Å². The molecular formula is C80H108ClN15O16. The van der Waals surface area contributed by atoms with Crippen LogP contribution in [-0.2, 0) is 38.2 Å². The molecule has 0 radical (unpaired) electrons. The molecule has 3 aromatic carbocycles. The third kappa shape index (κ3) is 19.8. The summed E-state index contributed by atoms with van der Waals surface area (Å²) in [4.78, 5) is 191. The van der Waals surface area contributed by atoms with E-state index in [9.17, 15) is 67.1 Å². The highest BCUT2D eigenvalue weighted by Gasteiger charge is 2.49. The summed E-state index contributed by atoms with van der Waals surface area (Å²) in [6.45, 7) is 31.7. The van der Waals surface area contributed by atoms with Crippen molar-refractivity contribution in [1.82, 2.24) is 60.9 Å². The number of carbonyl (C=O) groups is 14. The molecule has 9 saturated heterocycles. The molecule has 12 aliphatic heterocycles. The van der Waals surface area contributed by atoms with Gasteiger partial charge in [0.1, 0.15) is 29.3 Å². The molecule has 5 N–H and O–H groups in total. The molecule has 3 atom stereocenters. The number of ether oxygens (including phenoxy) is 2. The Labute approximate surface area is 659 Å². The summed E-state index contributed by atoms with van der Waals surface area (Å²) in [5.74, 6) is -3.68. The molecule has 14 amide bonds. The van der Waals surface area contributed by atoms with Gasteiger partial charge in [0.15, 0.2) is 0 Å². The van der Waals surface area contributed by atoms with E-state index in [1.54, 1.807) is 46.2 Å². The van der Waals surface area contributed by atoms with Crippen molar-refractivity contribution in [2.45, 2.75) is 161 Å². The highest BCUT2D eigenvalue weighted by Crippen LogP contribution is 2.37. The first kappa shape index (κ1) is 83.5. The highest BCUT2D eigenvalue weighted by molar-refractivity contribution is 6.26. The van der Waals surface area contributed by atoms with Crippen LogP contribution in [0, 0.1) is 17.8 Å². The number of piperazine rings is 3. The zero-order chi connectivity index (χ0) is 79.2. The van der Waals surface area contributed by atoms with E-state index in [1.807, 2.05) is 59.7 Å². The number of nitrogens with zero attached hydrogens (tertiary/aromatic N) is 10. The second kappa shape index (κ2) is 36.2. The number of fused-ring (bicyclic) bond motifs is 3. The Morgan fingerprint density at radius 3 is 0.955 bits per heavy atom. The van der Waals surface area contributed by atoms with Crippen LogP contribution in [-0.4, -0.2) is 278 Å². The first-order chi connectivity index (χ1) is 53.0. The van der Waals surface area contributed by atoms with E-state index in [0.29, 0.717) is 58.3 Å². The number of hydrogen-bond acceptors (Lipinski definition) is 23. The number of piperidine rings is 6. The van der Waals surface area contributed by atoms with Gasteiger partial charge in [-0.05, 0) is 172 Å². The van der Waals surface area contributed by atoms with Gasteiger partial charge in [-0.3, -0.25) is 93.1 Å². The Morgan fingerprint density at radius 2 is 0.652 bits per heavy atom. The SMILES string of the molecule is CC(C)(C)OC(=O)N1CCN(CC2CCN(c3ccc4c(c3)C(=O)N(C3CCC(=O)NC3=O)C4=O)CC2)CC1.CC(C)(C)OC(=O)N1CCNCC1.CCC1CCN(c2ccc3c(c2)C(=O)N(C2CCC(=O)NC2=O)C3=O)CC1.Cl.O=C1CCC(N2C(=O)c3ccc(N4CCC(CN5CCNCC5)CC4)cc3C2=O)C(=O)N1. The van der Waals surface area contributed by atoms with Crippen molar-refractivity contribution >= 4 is 113 Å². The second-order valence-corrected chi connectivity index (χ2v) is 32.8. The molecular weight excluding hydrogens is 1460 g/mol. The van der Waals surface area contributed by atoms with Crippen LogP contribution in [0.2, 0.25) is 0 Å². The molecule has 32 heteroatoms. The molecule has 3 aromatic rings. The molecule has 0 spiro atoms. The number of anilines is 3. The minimum Gasteiger partial charge on any atom is -0.444 e. The molecule has 0 aromatic heterocycles. The average Bonchev–Trinajstić information content (AvgIpc) is 1.62. The van der Waals surface area contributed by atoms with Crippen LogP contribution in [0.1, 0.15) is 194 Å². The van der Waals surface area contributed by atoms with Gasteiger partial charge >= 0.3 is 12.2 Å². The van der Waals surface area contributed by atoms with E-state index in [0.717, 1.165) is 194 Å². The molecule has 0 saturated carbocycles. The topological polar surface area (TPSA) is 350 Å². The van der Waals surface area contributed by atoms with Crippen LogP contribution < -0.4 is 41.3 Å². The predicted molar refractivity (Wildman–Crippen MR) is 416 cm³/mol. The summed E-state index contributed by atoms with van der Waals surface area (Å²) < 4.78 is 10.7. The fourth-order valence-electron chi connectivity index (χ4n) is 16.6. The maximum Gasteiger partial charge on any atom is 0.410 e. The van der Waals surface area contributed by atoms with Crippen LogP contribution in [0.5, 0.6) is 0 Å². The first-order valence-electron chi connectivity index (χ1n) is 39.6. The molecule has 31 nitrogen and oxygen atoms in total. The van der Waals surface area contributed by atoms with Crippen LogP contribution in [0.25, 0.3) is 0 Å². The van der Waals surface area contributed by atoms with E-state index in [-0.39, 0.29) is 86.4 Å². The quantitative estimate of drug-likeness (QED) is 0.157. The second-order valence-electron chi connectivity index (χ2n) is 32.8. The Hall–Kier alpha value is -9.43. The lowest BCUT2D eigenvalue weighted by molar-refractivity contribution is -0.137. The molecule has 12 aliphatic rings. The van der Waals surface area contributed by atoms with Gasteiger partial charge in [-0.15, -0.1) is 12.4 Å². The van der Waals surface area contributed by atoms with Gasteiger partial charge in [0, 0.05) is 167 Å².